The first kappa shape index (κ1) is 17.6. The standard InChI is InChI=1S/C21H22N8/c1-13-3-2-4-17(25-13)20-19(21(22)28-27-20)16-6-5-15-18(26-16)11-14(12-24-15)29-9-7-23-8-10-29/h2-6,11-12,23H,7-10H2,1H3,(H3,22,27,28). The zero-order valence-electron chi connectivity index (χ0n) is 16.2. The summed E-state index contributed by atoms with van der Waals surface area (Å²) in [5.74, 6) is 0.473. The van der Waals surface area contributed by atoms with Gasteiger partial charge in [0.25, 0.3) is 0 Å². The van der Waals surface area contributed by atoms with E-state index in [9.17, 15) is 0 Å². The fourth-order valence-corrected chi connectivity index (χ4v) is 3.71. The Hall–Kier alpha value is -3.52. The van der Waals surface area contributed by atoms with Crippen LogP contribution in [0.1, 0.15) is 5.69 Å². The number of anilines is 2. The minimum atomic E-state index is 0.473. The molecule has 4 N–H and O–H groups in total. The number of piperazine rings is 1. The van der Waals surface area contributed by atoms with E-state index >= 15 is 0 Å². The largest absolute Gasteiger partial charge is 0.383 e. The van der Waals surface area contributed by atoms with Gasteiger partial charge in [0, 0.05) is 31.9 Å². The number of pyridine rings is 3. The van der Waals surface area contributed by atoms with Crippen molar-refractivity contribution in [3.8, 4) is 22.6 Å². The summed E-state index contributed by atoms with van der Waals surface area (Å²) < 4.78 is 0. The van der Waals surface area contributed by atoms with Gasteiger partial charge in [-0.25, -0.2) is 4.98 Å². The van der Waals surface area contributed by atoms with Crippen LogP contribution in [0.25, 0.3) is 33.7 Å². The van der Waals surface area contributed by atoms with E-state index in [0.717, 1.165) is 65.5 Å². The summed E-state index contributed by atoms with van der Waals surface area (Å²) in [6, 6.07) is 11.8. The summed E-state index contributed by atoms with van der Waals surface area (Å²) in [6.45, 7) is 5.83. The molecule has 8 heteroatoms. The lowest BCUT2D eigenvalue weighted by atomic mass is 10.1. The number of fused-ring (bicyclic) bond motifs is 1. The van der Waals surface area contributed by atoms with Gasteiger partial charge in [0.1, 0.15) is 11.5 Å². The van der Waals surface area contributed by atoms with Gasteiger partial charge in [0.05, 0.1) is 39.9 Å². The summed E-state index contributed by atoms with van der Waals surface area (Å²) in [4.78, 5) is 16.4. The highest BCUT2D eigenvalue weighted by atomic mass is 15.2. The zero-order valence-corrected chi connectivity index (χ0v) is 16.2. The van der Waals surface area contributed by atoms with Crippen LogP contribution >= 0.6 is 0 Å². The topological polar surface area (TPSA) is 109 Å². The molecule has 0 radical (unpaired) electrons. The normalized spacial score (nSPS) is 14.4. The van der Waals surface area contributed by atoms with Crippen molar-refractivity contribution in [2.45, 2.75) is 6.92 Å². The number of rotatable bonds is 3. The molecule has 1 saturated heterocycles. The maximum absolute atomic E-state index is 6.22. The number of aryl methyl sites for hydroxylation is 1. The first-order chi connectivity index (χ1) is 14.2. The second-order valence-electron chi connectivity index (χ2n) is 7.19. The van der Waals surface area contributed by atoms with Crippen LogP contribution in [-0.2, 0) is 0 Å². The lowest BCUT2D eigenvalue weighted by Crippen LogP contribution is -2.43. The number of aromatic amines is 1. The molecule has 146 valence electrons. The van der Waals surface area contributed by atoms with Crippen molar-refractivity contribution in [2.24, 2.45) is 0 Å². The number of nitrogens with two attached hydrogens (primary N) is 1. The smallest absolute Gasteiger partial charge is 0.129 e. The molecule has 0 bridgehead atoms. The summed E-state index contributed by atoms with van der Waals surface area (Å²) in [5.41, 5.74) is 12.9. The van der Waals surface area contributed by atoms with Crippen LogP contribution in [0, 0.1) is 6.92 Å². The van der Waals surface area contributed by atoms with Crippen molar-refractivity contribution < 1.29 is 0 Å². The minimum absolute atomic E-state index is 0.473. The first-order valence-electron chi connectivity index (χ1n) is 9.70. The average molecular weight is 386 g/mol. The molecule has 4 aromatic heterocycles. The molecule has 0 unspecified atom stereocenters. The van der Waals surface area contributed by atoms with E-state index in [4.69, 9.17) is 10.7 Å². The van der Waals surface area contributed by atoms with Crippen LogP contribution in [0.3, 0.4) is 0 Å². The maximum Gasteiger partial charge on any atom is 0.129 e. The van der Waals surface area contributed by atoms with Crippen LogP contribution in [0.2, 0.25) is 0 Å². The van der Waals surface area contributed by atoms with E-state index in [-0.39, 0.29) is 0 Å². The summed E-state index contributed by atoms with van der Waals surface area (Å²) in [7, 11) is 0. The van der Waals surface area contributed by atoms with Crippen LogP contribution in [0.5, 0.6) is 0 Å². The summed E-state index contributed by atoms with van der Waals surface area (Å²) in [5, 5.41) is 10.6. The third-order valence-corrected chi connectivity index (χ3v) is 5.19. The Balaban J connectivity index is 1.59. The molecule has 1 fully saturated rings. The number of nitrogens with one attached hydrogen (secondary N) is 2. The van der Waals surface area contributed by atoms with Crippen LogP contribution in [0.4, 0.5) is 11.5 Å². The Morgan fingerprint density at radius 3 is 2.69 bits per heavy atom. The molecule has 0 saturated carbocycles. The first-order valence-corrected chi connectivity index (χ1v) is 9.70. The van der Waals surface area contributed by atoms with Gasteiger partial charge in [0.2, 0.25) is 0 Å². The highest BCUT2D eigenvalue weighted by Gasteiger charge is 2.18. The van der Waals surface area contributed by atoms with Crippen molar-refractivity contribution >= 4 is 22.5 Å². The number of hydrogen-bond donors (Lipinski definition) is 3. The van der Waals surface area contributed by atoms with E-state index in [1.54, 1.807) is 0 Å². The van der Waals surface area contributed by atoms with Gasteiger partial charge >= 0.3 is 0 Å². The van der Waals surface area contributed by atoms with Crippen molar-refractivity contribution in [1.82, 2.24) is 30.5 Å². The molecule has 0 aromatic carbocycles. The molecular weight excluding hydrogens is 364 g/mol. The summed E-state index contributed by atoms with van der Waals surface area (Å²) in [6.07, 6.45) is 1.92. The van der Waals surface area contributed by atoms with Gasteiger partial charge in [-0.1, -0.05) is 6.07 Å². The van der Waals surface area contributed by atoms with Gasteiger partial charge in [-0.3, -0.25) is 15.1 Å². The Morgan fingerprint density at radius 2 is 1.86 bits per heavy atom. The Labute approximate surface area is 168 Å². The third-order valence-electron chi connectivity index (χ3n) is 5.19. The van der Waals surface area contributed by atoms with Crippen molar-refractivity contribution in [2.75, 3.05) is 36.8 Å². The molecule has 5 heterocycles. The predicted octanol–water partition coefficient (Wildman–Crippen LogP) is 2.38. The fraction of sp³-hybridized carbons (Fsp3) is 0.238. The maximum atomic E-state index is 6.22. The van der Waals surface area contributed by atoms with E-state index in [1.165, 1.54) is 0 Å². The molecule has 0 aliphatic carbocycles. The van der Waals surface area contributed by atoms with Gasteiger partial charge in [-0.2, -0.15) is 5.10 Å². The monoisotopic (exact) mass is 386 g/mol. The Bertz CT molecular complexity index is 1180. The lowest BCUT2D eigenvalue weighted by molar-refractivity contribution is 0.589. The van der Waals surface area contributed by atoms with E-state index in [2.05, 4.69) is 36.4 Å². The molecule has 1 aliphatic heterocycles. The van der Waals surface area contributed by atoms with Crippen molar-refractivity contribution in [1.29, 1.82) is 0 Å². The SMILES string of the molecule is Cc1cccc(-c2n[nH]c(N)c2-c2ccc3ncc(N4CCNCC4)cc3n2)n1. The van der Waals surface area contributed by atoms with Crippen molar-refractivity contribution in [3.63, 3.8) is 0 Å². The number of aromatic nitrogens is 5. The molecule has 1 aliphatic rings. The highest BCUT2D eigenvalue weighted by molar-refractivity contribution is 5.88. The second kappa shape index (κ2) is 7.14. The quantitative estimate of drug-likeness (QED) is 0.496. The van der Waals surface area contributed by atoms with Gasteiger partial charge in [-0.15, -0.1) is 0 Å². The van der Waals surface area contributed by atoms with E-state index < -0.39 is 0 Å². The fourth-order valence-electron chi connectivity index (χ4n) is 3.71. The molecule has 0 amide bonds. The van der Waals surface area contributed by atoms with Crippen molar-refractivity contribution in [3.05, 3.63) is 48.3 Å². The van der Waals surface area contributed by atoms with Crippen LogP contribution in [0.15, 0.2) is 42.6 Å². The Morgan fingerprint density at radius 1 is 1.00 bits per heavy atom. The molecule has 0 atom stereocenters. The average Bonchev–Trinajstić information content (AvgIpc) is 3.15. The van der Waals surface area contributed by atoms with Gasteiger partial charge in [-0.05, 0) is 37.3 Å². The lowest BCUT2D eigenvalue weighted by Gasteiger charge is -2.29. The number of hydrogen-bond acceptors (Lipinski definition) is 7. The minimum Gasteiger partial charge on any atom is -0.383 e. The molecule has 4 aromatic rings. The zero-order chi connectivity index (χ0) is 19.8. The molecule has 8 nitrogen and oxygen atoms in total. The molecule has 5 rings (SSSR count). The van der Waals surface area contributed by atoms with Gasteiger partial charge in [0.15, 0.2) is 0 Å². The van der Waals surface area contributed by atoms with E-state index in [1.807, 2.05) is 43.5 Å². The van der Waals surface area contributed by atoms with Gasteiger partial charge < -0.3 is 16.0 Å². The highest BCUT2D eigenvalue weighted by Crippen LogP contribution is 2.34. The van der Waals surface area contributed by atoms with Crippen LogP contribution in [-0.4, -0.2) is 51.3 Å². The predicted molar refractivity (Wildman–Crippen MR) is 115 cm³/mol. The second-order valence-corrected chi connectivity index (χ2v) is 7.19. The number of nitrogens with zero attached hydrogens (tertiary/aromatic N) is 5. The molecule has 0 spiro atoms. The molecular formula is C21H22N8. The number of nitrogen functional groups attached to an aromatic ring is 1. The third kappa shape index (κ3) is 3.27. The number of H-pyrrole nitrogens is 1. The summed E-state index contributed by atoms with van der Waals surface area (Å²) >= 11 is 0. The van der Waals surface area contributed by atoms with E-state index in [0.29, 0.717) is 11.5 Å². The molecule has 29 heavy (non-hydrogen) atoms. The Kier molecular flexibility index (Phi) is 4.33. The van der Waals surface area contributed by atoms with Crippen LogP contribution < -0.4 is 16.0 Å².